The maximum atomic E-state index is 12.2. The highest BCUT2D eigenvalue weighted by molar-refractivity contribution is 6.02. The van der Waals surface area contributed by atoms with Crippen LogP contribution >= 0.6 is 0 Å². The molecule has 2 heterocycles. The smallest absolute Gasteiger partial charge is 0.338 e. The molecule has 1 aliphatic carbocycles. The van der Waals surface area contributed by atoms with Gasteiger partial charge in [0.05, 0.1) is 35.5 Å². The number of para-hydroxylation sites is 1. The van der Waals surface area contributed by atoms with Gasteiger partial charge in [-0.25, -0.2) is 19.2 Å². The lowest BCUT2D eigenvalue weighted by atomic mass is 10.1. The minimum absolute atomic E-state index is 0.0628. The molecule has 0 N–H and O–H groups in total. The molecule has 2 atom stereocenters. The van der Waals surface area contributed by atoms with E-state index < -0.39 is 17.5 Å². The molecule has 2 fully saturated rings. The molecule has 1 saturated heterocycles. The number of urea groups is 1. The Morgan fingerprint density at radius 2 is 1.74 bits per heavy atom. The number of ether oxygens (including phenoxy) is 3. The third-order valence-electron chi connectivity index (χ3n) is 8.67. The summed E-state index contributed by atoms with van der Waals surface area (Å²) in [6, 6.07) is 16.0. The van der Waals surface area contributed by atoms with Gasteiger partial charge in [-0.3, -0.25) is 9.59 Å². The van der Waals surface area contributed by atoms with E-state index in [1.165, 1.54) is 4.90 Å². The molecule has 2 aromatic carbocycles. The second-order valence-corrected chi connectivity index (χ2v) is 14.9. The van der Waals surface area contributed by atoms with Crippen LogP contribution in [-0.4, -0.2) is 75.1 Å². The van der Waals surface area contributed by atoms with Crippen molar-refractivity contribution in [3.63, 3.8) is 0 Å². The lowest BCUT2D eigenvalue weighted by Crippen LogP contribution is -2.36. The number of terminal acetylenes is 1. The van der Waals surface area contributed by atoms with Crippen molar-refractivity contribution in [2.45, 2.75) is 67.6 Å². The van der Waals surface area contributed by atoms with E-state index in [0.29, 0.717) is 17.2 Å². The van der Waals surface area contributed by atoms with Gasteiger partial charge in [-0.15, -0.1) is 6.42 Å². The number of imide groups is 1. The van der Waals surface area contributed by atoms with Crippen molar-refractivity contribution < 1.29 is 38.2 Å². The van der Waals surface area contributed by atoms with Gasteiger partial charge in [-0.05, 0) is 82.7 Å². The molecule has 13 heteroatoms. The Balaban J connectivity index is 0.000000252. The number of amides is 3. The van der Waals surface area contributed by atoms with Crippen LogP contribution in [0.5, 0.6) is 11.6 Å². The SMILES string of the molecule is C#CCN1CC(=O)N(COC(=O)C2C(C=C(C)C)C2(C)C)C1=O.Cc1nn(C)c(Oc2ccccc2)c1/C=N/OCc1ccc(C(=O)OC(C)(C)C)cc1. The number of benzene rings is 2. The Hall–Kier alpha value is -5.90. The fourth-order valence-electron chi connectivity index (χ4n) is 5.77. The van der Waals surface area contributed by atoms with Crippen molar-refractivity contribution in [1.29, 1.82) is 0 Å². The highest BCUT2D eigenvalue weighted by atomic mass is 16.6. The number of nitrogens with zero attached hydrogens (tertiary/aromatic N) is 5. The van der Waals surface area contributed by atoms with Gasteiger partial charge < -0.3 is 23.9 Å². The molecule has 3 amide bonds. The minimum Gasteiger partial charge on any atom is -0.456 e. The van der Waals surface area contributed by atoms with Crippen LogP contribution in [0.15, 0.2) is 71.4 Å². The molecule has 0 bridgehead atoms. The topological polar surface area (TPSA) is 142 Å². The molecule has 0 spiro atoms. The molecule has 5 rings (SSSR count). The summed E-state index contributed by atoms with van der Waals surface area (Å²) in [5.41, 5.74) is 3.36. The molecule has 3 aromatic rings. The van der Waals surface area contributed by atoms with Crippen molar-refractivity contribution in [3.8, 4) is 24.0 Å². The van der Waals surface area contributed by atoms with Gasteiger partial charge in [0.25, 0.3) is 5.91 Å². The fraction of sp³-hybridized carbons (Fsp3) is 0.415. The normalized spacial score (nSPS) is 17.3. The summed E-state index contributed by atoms with van der Waals surface area (Å²) in [5, 5.41) is 8.47. The molecule has 1 saturated carbocycles. The zero-order chi connectivity index (χ0) is 39.8. The van der Waals surface area contributed by atoms with E-state index in [2.05, 4.69) is 22.3 Å². The molecule has 54 heavy (non-hydrogen) atoms. The molecule has 1 aliphatic heterocycles. The molecular weight excluding hydrogens is 690 g/mol. The zero-order valence-corrected chi connectivity index (χ0v) is 32.4. The first-order valence-corrected chi connectivity index (χ1v) is 17.5. The average molecular weight is 740 g/mol. The van der Waals surface area contributed by atoms with Crippen LogP contribution in [-0.2, 0) is 37.6 Å². The molecular formula is C41H49N5O8. The van der Waals surface area contributed by atoms with Gasteiger partial charge in [-0.2, -0.15) is 5.10 Å². The number of rotatable bonds is 12. The largest absolute Gasteiger partial charge is 0.456 e. The summed E-state index contributed by atoms with van der Waals surface area (Å²) in [6.45, 7) is 15.3. The lowest BCUT2D eigenvalue weighted by molar-refractivity contribution is -0.151. The maximum absolute atomic E-state index is 12.2. The van der Waals surface area contributed by atoms with Crippen LogP contribution in [0.4, 0.5) is 4.79 Å². The summed E-state index contributed by atoms with van der Waals surface area (Å²) in [7, 11) is 1.82. The number of hydrogen-bond donors (Lipinski definition) is 0. The number of allylic oxidation sites excluding steroid dienone is 2. The molecule has 13 nitrogen and oxygen atoms in total. The van der Waals surface area contributed by atoms with Crippen molar-refractivity contribution >= 4 is 30.1 Å². The number of hydrogen-bond acceptors (Lipinski definition) is 10. The van der Waals surface area contributed by atoms with Gasteiger partial charge in [0.1, 0.15) is 24.5 Å². The van der Waals surface area contributed by atoms with Crippen LogP contribution in [0.2, 0.25) is 0 Å². The van der Waals surface area contributed by atoms with Gasteiger partial charge >= 0.3 is 18.0 Å². The van der Waals surface area contributed by atoms with Crippen LogP contribution < -0.4 is 4.74 Å². The van der Waals surface area contributed by atoms with Crippen LogP contribution in [0, 0.1) is 36.5 Å². The van der Waals surface area contributed by atoms with Crippen LogP contribution in [0.3, 0.4) is 0 Å². The summed E-state index contributed by atoms with van der Waals surface area (Å²) in [6.07, 6.45) is 8.81. The number of aryl methyl sites for hydroxylation is 2. The van der Waals surface area contributed by atoms with Gasteiger partial charge in [0, 0.05) is 7.05 Å². The minimum atomic E-state index is -0.527. The average Bonchev–Trinajstić information content (AvgIpc) is 3.36. The third kappa shape index (κ3) is 10.6. The Morgan fingerprint density at radius 1 is 1.07 bits per heavy atom. The van der Waals surface area contributed by atoms with E-state index >= 15 is 0 Å². The van der Waals surface area contributed by atoms with E-state index in [1.807, 2.05) is 105 Å². The first-order chi connectivity index (χ1) is 25.4. The Morgan fingerprint density at radius 3 is 2.35 bits per heavy atom. The summed E-state index contributed by atoms with van der Waals surface area (Å²) in [5.74, 6) is 2.36. The maximum Gasteiger partial charge on any atom is 0.338 e. The second-order valence-electron chi connectivity index (χ2n) is 14.9. The van der Waals surface area contributed by atoms with E-state index in [1.54, 1.807) is 23.0 Å². The van der Waals surface area contributed by atoms with Crippen molar-refractivity contribution in [3.05, 3.63) is 88.6 Å². The van der Waals surface area contributed by atoms with Crippen LogP contribution in [0.1, 0.15) is 75.6 Å². The Kier molecular flexibility index (Phi) is 13.1. The first kappa shape index (κ1) is 40.9. The second kappa shape index (κ2) is 17.3. The standard InChI is InChI=1S/C24H27N3O4.C17H22N2O4/c1-17-21(22(27(5)26-17)30-20-9-7-6-8-10-20)15-25-29-16-18-11-13-19(14-12-18)23(28)31-24(2,3)4;1-6-7-18-9-13(20)19(16(18)22)10-23-15(21)14-12(8-11(2)3)17(14,4)5/h6-15H,16H2,1-5H3;1,8,12,14H,7,9-10H2,2-5H3/b25-15+;. The van der Waals surface area contributed by atoms with Crippen LogP contribution in [0.25, 0.3) is 0 Å². The number of oxime groups is 1. The van der Waals surface area contributed by atoms with Crippen molar-refractivity contribution in [2.24, 2.45) is 29.5 Å². The molecule has 1 aromatic heterocycles. The quantitative estimate of drug-likeness (QED) is 0.0499. The number of aromatic nitrogens is 2. The van der Waals surface area contributed by atoms with Gasteiger partial charge in [0.2, 0.25) is 5.88 Å². The number of carbonyl (C=O) groups excluding carboxylic acids is 4. The van der Waals surface area contributed by atoms with E-state index in [-0.39, 0.29) is 55.6 Å². The molecule has 2 unspecified atom stereocenters. The van der Waals surface area contributed by atoms with E-state index in [4.69, 9.17) is 25.5 Å². The van der Waals surface area contributed by atoms with Crippen molar-refractivity contribution in [1.82, 2.24) is 19.6 Å². The molecule has 2 aliphatic rings. The summed E-state index contributed by atoms with van der Waals surface area (Å²) >= 11 is 0. The highest BCUT2D eigenvalue weighted by Crippen LogP contribution is 2.59. The number of carbonyl (C=O) groups is 4. The number of esters is 2. The van der Waals surface area contributed by atoms with Gasteiger partial charge in [-0.1, -0.05) is 66.9 Å². The van der Waals surface area contributed by atoms with Gasteiger partial charge in [0.15, 0.2) is 6.73 Å². The summed E-state index contributed by atoms with van der Waals surface area (Å²) < 4.78 is 18.2. The Bertz CT molecular complexity index is 1930. The zero-order valence-electron chi connectivity index (χ0n) is 32.4. The van der Waals surface area contributed by atoms with E-state index in [9.17, 15) is 19.2 Å². The fourth-order valence-corrected chi connectivity index (χ4v) is 5.77. The highest BCUT2D eigenvalue weighted by Gasteiger charge is 2.61. The summed E-state index contributed by atoms with van der Waals surface area (Å²) in [4.78, 5) is 55.7. The molecule has 0 radical (unpaired) electrons. The third-order valence-corrected chi connectivity index (χ3v) is 8.67. The van der Waals surface area contributed by atoms with E-state index in [0.717, 1.165) is 27.3 Å². The Labute approximate surface area is 316 Å². The molecule has 286 valence electrons. The first-order valence-electron chi connectivity index (χ1n) is 17.5. The lowest BCUT2D eigenvalue weighted by Gasteiger charge is -2.19. The van der Waals surface area contributed by atoms with Crippen molar-refractivity contribution in [2.75, 3.05) is 19.8 Å². The monoisotopic (exact) mass is 739 g/mol. The predicted molar refractivity (Wildman–Crippen MR) is 202 cm³/mol. The predicted octanol–water partition coefficient (Wildman–Crippen LogP) is 6.65.